The van der Waals surface area contributed by atoms with E-state index < -0.39 is 0 Å². The number of fused-ring (bicyclic) bond motifs is 2. The summed E-state index contributed by atoms with van der Waals surface area (Å²) < 4.78 is 17.0. The fourth-order valence-electron chi connectivity index (χ4n) is 8.51. The number of benzene rings is 2. The van der Waals surface area contributed by atoms with Crippen molar-refractivity contribution in [2.45, 2.75) is 63.6 Å². The topological polar surface area (TPSA) is 115 Å². The molecule has 0 radical (unpaired) electrons. The van der Waals surface area contributed by atoms with Gasteiger partial charge in [-0.05, 0) is 62.3 Å². The van der Waals surface area contributed by atoms with E-state index in [2.05, 4.69) is 27.7 Å². The van der Waals surface area contributed by atoms with Crippen LogP contribution in [0.5, 0.6) is 11.8 Å². The Hall–Kier alpha value is -4.22. The van der Waals surface area contributed by atoms with E-state index in [1.807, 2.05) is 43.3 Å². The van der Waals surface area contributed by atoms with Gasteiger partial charge in [-0.25, -0.2) is 9.97 Å². The normalized spacial score (nSPS) is 20.8. The second kappa shape index (κ2) is 14.9. The molecular formula is C41H43Cl2N5O5. The van der Waals surface area contributed by atoms with Crippen molar-refractivity contribution in [1.82, 2.24) is 25.5 Å². The third-order valence-corrected chi connectivity index (χ3v) is 12.0. The molecule has 53 heavy (non-hydrogen) atoms. The maximum atomic E-state index is 12.2. The van der Waals surface area contributed by atoms with Crippen LogP contribution < -0.4 is 20.1 Å². The lowest BCUT2D eigenvalue weighted by Gasteiger charge is -2.42. The van der Waals surface area contributed by atoms with Gasteiger partial charge in [0.1, 0.15) is 0 Å². The SMILES string of the molecule is CCOC(=O)C1CN(C2CCc3cc(-c4cccc(-c5cccc(-c6cc7c(c(OC)n6)C(NC[C@@H]6CCC(=O)N6)CC7)c5Cl)c4Cl)nc(OC)c32)C1. The Labute approximate surface area is 319 Å². The van der Waals surface area contributed by atoms with Gasteiger partial charge in [-0.1, -0.05) is 59.6 Å². The van der Waals surface area contributed by atoms with Crippen molar-refractivity contribution in [1.29, 1.82) is 0 Å². The molecular weight excluding hydrogens is 713 g/mol. The fraction of sp³-hybridized carbons (Fsp3) is 0.415. The van der Waals surface area contributed by atoms with Crippen LogP contribution in [-0.4, -0.2) is 73.2 Å². The molecule has 0 saturated carbocycles. The summed E-state index contributed by atoms with van der Waals surface area (Å²) in [4.78, 5) is 36.2. The highest BCUT2D eigenvalue weighted by Crippen LogP contribution is 2.47. The molecule has 8 rings (SSSR count). The van der Waals surface area contributed by atoms with Crippen molar-refractivity contribution in [3.8, 4) is 45.4 Å². The number of carbonyl (C=O) groups excluding carboxylic acids is 2. The Morgan fingerprint density at radius 3 is 2.02 bits per heavy atom. The van der Waals surface area contributed by atoms with Crippen molar-refractivity contribution in [3.05, 3.63) is 80.8 Å². The molecule has 2 N–H and O–H groups in total. The number of rotatable bonds is 11. The number of hydrogen-bond acceptors (Lipinski definition) is 9. The molecule has 2 fully saturated rings. The number of aryl methyl sites for hydroxylation is 2. The van der Waals surface area contributed by atoms with E-state index in [1.165, 1.54) is 11.1 Å². The van der Waals surface area contributed by atoms with Crippen LogP contribution in [0.3, 0.4) is 0 Å². The average molecular weight is 757 g/mol. The third-order valence-electron chi connectivity index (χ3n) is 11.2. The van der Waals surface area contributed by atoms with E-state index in [-0.39, 0.29) is 35.9 Å². The smallest absolute Gasteiger partial charge is 0.311 e. The van der Waals surface area contributed by atoms with E-state index in [4.69, 9.17) is 47.4 Å². The Bertz CT molecular complexity index is 2090. The van der Waals surface area contributed by atoms with Gasteiger partial charge in [0.15, 0.2) is 0 Å². The molecule has 0 bridgehead atoms. The van der Waals surface area contributed by atoms with Crippen LogP contribution in [0.25, 0.3) is 33.6 Å². The first-order valence-electron chi connectivity index (χ1n) is 18.4. The minimum atomic E-state index is -0.124. The maximum absolute atomic E-state index is 12.2. The van der Waals surface area contributed by atoms with E-state index in [1.54, 1.807) is 14.2 Å². The number of hydrogen-bond donors (Lipinski definition) is 2. The van der Waals surface area contributed by atoms with Crippen LogP contribution in [0.2, 0.25) is 10.0 Å². The second-order valence-electron chi connectivity index (χ2n) is 14.3. The van der Waals surface area contributed by atoms with Crippen molar-refractivity contribution in [3.63, 3.8) is 0 Å². The van der Waals surface area contributed by atoms with Crippen LogP contribution in [0.15, 0.2) is 48.5 Å². The van der Waals surface area contributed by atoms with Gasteiger partial charge < -0.3 is 24.8 Å². The van der Waals surface area contributed by atoms with Gasteiger partial charge in [-0.2, -0.15) is 0 Å². The first kappa shape index (κ1) is 35.8. The molecule has 276 valence electrons. The van der Waals surface area contributed by atoms with Crippen molar-refractivity contribution in [2.75, 3.05) is 40.5 Å². The third kappa shape index (κ3) is 6.64. The minimum Gasteiger partial charge on any atom is -0.481 e. The van der Waals surface area contributed by atoms with Crippen molar-refractivity contribution >= 4 is 35.1 Å². The number of esters is 1. The zero-order valence-corrected chi connectivity index (χ0v) is 31.6. The van der Waals surface area contributed by atoms with Crippen molar-refractivity contribution in [2.24, 2.45) is 5.92 Å². The number of methoxy groups -OCH3 is 2. The number of likely N-dealkylation sites (tertiary alicyclic amines) is 1. The Balaban J connectivity index is 1.06. The standard InChI is InChI=1S/C41H43Cl2N5O5/c1-4-53-41(50)24-20-48(21-24)33-15-12-23-18-32(47-40(52-3)36(23)33)29-10-6-8-27(38(29)43)26-7-5-9-28(37(26)42)31-17-22-11-14-30(35(22)39(46-31)51-2)44-19-25-13-16-34(49)45-25/h5-10,17-18,24-25,30,33,44H,4,11-16,19-21H2,1-3H3,(H,45,49)/t25-,30?,33?/m0/s1. The largest absolute Gasteiger partial charge is 0.481 e. The summed E-state index contributed by atoms with van der Waals surface area (Å²) >= 11 is 14.5. The molecule has 4 aromatic rings. The summed E-state index contributed by atoms with van der Waals surface area (Å²) in [6.45, 7) is 4.30. The highest BCUT2D eigenvalue weighted by Gasteiger charge is 2.42. The number of halogens is 2. The average Bonchev–Trinajstić information content (AvgIpc) is 3.88. The lowest BCUT2D eigenvalue weighted by Crippen LogP contribution is -2.51. The number of nitrogens with one attached hydrogen (secondary N) is 2. The summed E-state index contributed by atoms with van der Waals surface area (Å²) in [5.74, 6) is 1.07. The van der Waals surface area contributed by atoms with E-state index >= 15 is 0 Å². The maximum Gasteiger partial charge on any atom is 0.311 e. The molecule has 3 atom stereocenters. The molecule has 10 nitrogen and oxygen atoms in total. The number of amides is 1. The predicted molar refractivity (Wildman–Crippen MR) is 204 cm³/mol. The number of nitrogens with zero attached hydrogens (tertiary/aromatic N) is 3. The number of pyridine rings is 2. The summed E-state index contributed by atoms with van der Waals surface area (Å²) in [6.07, 6.45) is 5.04. The minimum absolute atomic E-state index is 0.0851. The number of aromatic nitrogens is 2. The second-order valence-corrected chi connectivity index (χ2v) is 15.0. The first-order valence-corrected chi connectivity index (χ1v) is 19.2. The van der Waals surface area contributed by atoms with Gasteiger partial charge in [0, 0.05) is 77.6 Å². The summed E-state index contributed by atoms with van der Waals surface area (Å²) in [5, 5.41) is 7.77. The molecule has 2 unspecified atom stereocenters. The quantitative estimate of drug-likeness (QED) is 0.154. The van der Waals surface area contributed by atoms with E-state index in [0.29, 0.717) is 54.5 Å². The lowest BCUT2D eigenvalue weighted by molar-refractivity contribution is -0.155. The van der Waals surface area contributed by atoms with Crippen molar-refractivity contribution < 1.29 is 23.8 Å². The van der Waals surface area contributed by atoms with Gasteiger partial charge in [-0.3, -0.25) is 14.5 Å². The van der Waals surface area contributed by atoms with E-state index in [9.17, 15) is 9.59 Å². The van der Waals surface area contributed by atoms with Gasteiger partial charge in [-0.15, -0.1) is 0 Å². The number of carbonyl (C=O) groups is 2. The highest BCUT2D eigenvalue weighted by molar-refractivity contribution is 6.39. The van der Waals surface area contributed by atoms with Crippen LogP contribution in [0, 0.1) is 5.92 Å². The van der Waals surface area contributed by atoms with Gasteiger partial charge in [0.05, 0.1) is 48.2 Å². The molecule has 4 aliphatic rings. The Kier molecular flexibility index (Phi) is 10.1. The molecule has 12 heteroatoms. The highest BCUT2D eigenvalue weighted by atomic mass is 35.5. The van der Waals surface area contributed by atoms with Crippen LogP contribution in [-0.2, 0) is 27.2 Å². The molecule has 1 amide bonds. The predicted octanol–water partition coefficient (Wildman–Crippen LogP) is 7.14. The van der Waals surface area contributed by atoms with Crippen LogP contribution in [0.4, 0.5) is 0 Å². The summed E-state index contributed by atoms with van der Waals surface area (Å²) in [6, 6.07) is 16.5. The monoisotopic (exact) mass is 755 g/mol. The lowest BCUT2D eigenvalue weighted by atomic mass is 9.95. The molecule has 2 aliphatic carbocycles. The summed E-state index contributed by atoms with van der Waals surface area (Å²) in [5.41, 5.74) is 9.13. The van der Waals surface area contributed by atoms with Crippen LogP contribution >= 0.6 is 23.2 Å². The molecule has 4 heterocycles. The van der Waals surface area contributed by atoms with Gasteiger partial charge in [0.2, 0.25) is 17.7 Å². The Morgan fingerprint density at radius 1 is 0.849 bits per heavy atom. The van der Waals surface area contributed by atoms with Crippen LogP contribution in [0.1, 0.15) is 66.9 Å². The first-order chi connectivity index (χ1) is 25.8. The zero-order chi connectivity index (χ0) is 36.8. The molecule has 2 aromatic carbocycles. The molecule has 2 saturated heterocycles. The van der Waals surface area contributed by atoms with Gasteiger partial charge in [0.25, 0.3) is 0 Å². The van der Waals surface area contributed by atoms with Gasteiger partial charge >= 0.3 is 5.97 Å². The molecule has 0 spiro atoms. The van der Waals surface area contributed by atoms with E-state index in [0.717, 1.165) is 76.9 Å². The Morgan fingerprint density at radius 2 is 1.43 bits per heavy atom. The number of ether oxygens (including phenoxy) is 3. The molecule has 2 aromatic heterocycles. The summed E-state index contributed by atoms with van der Waals surface area (Å²) in [7, 11) is 3.30. The zero-order valence-electron chi connectivity index (χ0n) is 30.1. The fourth-order valence-corrected chi connectivity index (χ4v) is 9.16. The molecule has 2 aliphatic heterocycles.